The van der Waals surface area contributed by atoms with Crippen LogP contribution in [0, 0.1) is 17.8 Å². The van der Waals surface area contributed by atoms with Crippen LogP contribution in [0.25, 0.3) is 0 Å². The number of rotatable bonds is 14. The Balaban J connectivity index is 6.16. The van der Waals surface area contributed by atoms with Crippen LogP contribution in [0.3, 0.4) is 0 Å². The first-order valence-electron chi connectivity index (χ1n) is 12.0. The third-order valence-electron chi connectivity index (χ3n) is 7.51. The van der Waals surface area contributed by atoms with Crippen molar-refractivity contribution in [2.24, 2.45) is 17.8 Å². The van der Waals surface area contributed by atoms with Crippen LogP contribution in [-0.4, -0.2) is 40.6 Å². The first-order chi connectivity index (χ1) is 13.8. The van der Waals surface area contributed by atoms with Crippen molar-refractivity contribution in [2.45, 2.75) is 111 Å². The lowest BCUT2D eigenvalue weighted by Gasteiger charge is -2.46. The predicted molar refractivity (Wildman–Crippen MR) is 138 cm³/mol. The number of aliphatic hydroxyl groups excluding tert-OH is 1. The summed E-state index contributed by atoms with van der Waals surface area (Å²) >= 11 is 0. The molecule has 1 N–H and O–H groups in total. The second-order valence-electron chi connectivity index (χ2n) is 10.7. The molecule has 0 aromatic carbocycles. The second kappa shape index (κ2) is 12.7. The average Bonchev–Trinajstić information content (AvgIpc) is 2.69. The molecule has 0 unspecified atom stereocenters. The molecule has 0 spiro atoms. The van der Waals surface area contributed by atoms with Gasteiger partial charge in [-0.2, -0.15) is 0 Å². The molecule has 5 atom stereocenters. The van der Waals surface area contributed by atoms with Gasteiger partial charge < -0.3 is 14.0 Å². The van der Waals surface area contributed by atoms with E-state index in [1.165, 1.54) is 0 Å². The summed E-state index contributed by atoms with van der Waals surface area (Å²) < 4.78 is 14.0. The number of hydrogen-bond acceptors (Lipinski definition) is 3. The molecule has 178 valence electrons. The molecule has 0 amide bonds. The van der Waals surface area contributed by atoms with Crippen molar-refractivity contribution >= 4 is 16.6 Å². The maximum Gasteiger partial charge on any atom is 0.192 e. The van der Waals surface area contributed by atoms with Crippen LogP contribution < -0.4 is 0 Å². The van der Waals surface area contributed by atoms with Crippen molar-refractivity contribution in [3.8, 4) is 0 Å². The Labute approximate surface area is 190 Å². The van der Waals surface area contributed by atoms with Crippen molar-refractivity contribution in [1.29, 1.82) is 0 Å². The summed E-state index contributed by atoms with van der Waals surface area (Å²) in [7, 11) is -3.79. The van der Waals surface area contributed by atoms with Gasteiger partial charge in [0, 0.05) is 18.4 Å². The Kier molecular flexibility index (Phi) is 12.6. The maximum absolute atomic E-state index is 10.1. The Morgan fingerprint density at radius 3 is 1.80 bits per heavy atom. The first kappa shape index (κ1) is 29.8. The van der Waals surface area contributed by atoms with Gasteiger partial charge in [-0.05, 0) is 42.2 Å². The van der Waals surface area contributed by atoms with Gasteiger partial charge in [0.2, 0.25) is 0 Å². The van der Waals surface area contributed by atoms with E-state index in [2.05, 4.69) is 88.1 Å². The SMILES string of the molecule is C=CC=C[C@H](C)[C@H](O[Si](CC)(CC)CC)[C@@H](C)[C@H](O[Si](C)(C)C(C)(C)C)[C@@H](C)CO. The van der Waals surface area contributed by atoms with Crippen LogP contribution in [-0.2, 0) is 8.85 Å². The quantitative estimate of drug-likeness (QED) is 0.218. The van der Waals surface area contributed by atoms with E-state index < -0.39 is 16.6 Å². The molecule has 0 aliphatic heterocycles. The summed E-state index contributed by atoms with van der Waals surface area (Å²) in [5.41, 5.74) is 0. The van der Waals surface area contributed by atoms with Crippen molar-refractivity contribution < 1.29 is 14.0 Å². The predicted octanol–water partition coefficient (Wildman–Crippen LogP) is 7.41. The molecule has 0 aromatic heterocycles. The molecule has 0 aliphatic carbocycles. The van der Waals surface area contributed by atoms with Gasteiger partial charge in [0.1, 0.15) is 0 Å². The summed E-state index contributed by atoms with van der Waals surface area (Å²) in [4.78, 5) is 0. The van der Waals surface area contributed by atoms with E-state index in [9.17, 15) is 5.11 Å². The molecule has 0 rings (SSSR count). The largest absolute Gasteiger partial charge is 0.413 e. The second-order valence-corrected chi connectivity index (χ2v) is 20.1. The van der Waals surface area contributed by atoms with E-state index in [1.54, 1.807) is 0 Å². The fourth-order valence-electron chi connectivity index (χ4n) is 3.89. The maximum atomic E-state index is 10.1. The monoisotopic (exact) mass is 456 g/mol. The highest BCUT2D eigenvalue weighted by Gasteiger charge is 2.44. The van der Waals surface area contributed by atoms with Crippen LogP contribution in [0.4, 0.5) is 0 Å². The molecule has 0 saturated heterocycles. The first-order valence-corrected chi connectivity index (χ1v) is 17.4. The molecule has 3 nitrogen and oxygen atoms in total. The third-order valence-corrected chi connectivity index (χ3v) is 16.6. The lowest BCUT2D eigenvalue weighted by Crippen LogP contribution is -2.53. The number of aliphatic hydroxyl groups is 1. The zero-order valence-electron chi connectivity index (χ0n) is 21.9. The molecule has 0 bridgehead atoms. The number of allylic oxidation sites excluding steroid dienone is 2. The molecule has 0 saturated carbocycles. The van der Waals surface area contributed by atoms with Crippen LogP contribution in [0.5, 0.6) is 0 Å². The van der Waals surface area contributed by atoms with Crippen LogP contribution >= 0.6 is 0 Å². The van der Waals surface area contributed by atoms with Gasteiger partial charge in [-0.25, -0.2) is 0 Å². The fraction of sp³-hybridized carbons (Fsp3) is 0.840. The van der Waals surface area contributed by atoms with E-state index in [-0.39, 0.29) is 41.6 Å². The lowest BCUT2D eigenvalue weighted by atomic mass is 9.84. The van der Waals surface area contributed by atoms with Crippen molar-refractivity contribution in [3.63, 3.8) is 0 Å². The number of hydrogen-bond donors (Lipinski definition) is 1. The average molecular weight is 457 g/mol. The van der Waals surface area contributed by atoms with Gasteiger partial charge in [-0.1, -0.05) is 87.1 Å². The van der Waals surface area contributed by atoms with Gasteiger partial charge in [-0.3, -0.25) is 0 Å². The van der Waals surface area contributed by atoms with Gasteiger partial charge in [-0.15, -0.1) is 0 Å². The van der Waals surface area contributed by atoms with Crippen LogP contribution in [0.1, 0.15) is 62.3 Å². The lowest BCUT2D eigenvalue weighted by molar-refractivity contribution is -0.0182. The highest BCUT2D eigenvalue weighted by atomic mass is 28.4. The van der Waals surface area contributed by atoms with E-state index in [0.717, 1.165) is 18.1 Å². The molecule has 0 fully saturated rings. The topological polar surface area (TPSA) is 38.7 Å². The van der Waals surface area contributed by atoms with Gasteiger partial charge in [0.25, 0.3) is 0 Å². The Morgan fingerprint density at radius 2 is 1.43 bits per heavy atom. The Morgan fingerprint density at radius 1 is 0.933 bits per heavy atom. The zero-order valence-corrected chi connectivity index (χ0v) is 23.9. The summed E-state index contributed by atoms with van der Waals surface area (Å²) in [6, 6.07) is 3.39. The van der Waals surface area contributed by atoms with Gasteiger partial charge in [0.15, 0.2) is 16.6 Å². The molecular formula is C25H52O3Si2. The molecule has 0 radical (unpaired) electrons. The van der Waals surface area contributed by atoms with Crippen molar-refractivity contribution in [1.82, 2.24) is 0 Å². The van der Waals surface area contributed by atoms with E-state index >= 15 is 0 Å². The molecule has 5 heteroatoms. The van der Waals surface area contributed by atoms with Crippen LogP contribution in [0.15, 0.2) is 24.8 Å². The van der Waals surface area contributed by atoms with E-state index in [0.29, 0.717) is 0 Å². The minimum Gasteiger partial charge on any atom is -0.413 e. The molecule has 0 aliphatic rings. The molecule has 30 heavy (non-hydrogen) atoms. The van der Waals surface area contributed by atoms with Crippen molar-refractivity contribution in [3.05, 3.63) is 24.8 Å². The van der Waals surface area contributed by atoms with E-state index in [1.807, 2.05) is 12.2 Å². The zero-order chi connectivity index (χ0) is 23.8. The molecule has 0 aromatic rings. The Bertz CT molecular complexity index is 513. The highest BCUT2D eigenvalue weighted by molar-refractivity contribution is 6.74. The highest BCUT2D eigenvalue weighted by Crippen LogP contribution is 2.41. The van der Waals surface area contributed by atoms with Gasteiger partial charge >= 0.3 is 0 Å². The minimum atomic E-state index is -1.99. The summed E-state index contributed by atoms with van der Waals surface area (Å²) in [6.07, 6.45) is 6.11. The van der Waals surface area contributed by atoms with Gasteiger partial charge in [0.05, 0.1) is 12.2 Å². The standard InChI is InChI=1S/C25H52O3Si2/c1-13-17-18-20(5)23(28-30(14-2,15-3)16-4)22(7)24(21(6)19-26)27-29(11,12)25(8,9)10/h13,17-18,20-24,26H,1,14-16,19H2,2-12H3/t20-,21-,22+,23-,24+/m0/s1. The minimum absolute atomic E-state index is 0.0299. The Hall–Kier alpha value is -0.206. The summed E-state index contributed by atoms with van der Waals surface area (Å²) in [5.74, 6) is 0.505. The van der Waals surface area contributed by atoms with E-state index in [4.69, 9.17) is 8.85 Å². The summed E-state index contributed by atoms with van der Waals surface area (Å²) in [5, 5.41) is 10.2. The fourth-order valence-corrected chi connectivity index (χ4v) is 8.38. The van der Waals surface area contributed by atoms with Crippen LogP contribution in [0.2, 0.25) is 36.3 Å². The summed E-state index contributed by atoms with van der Waals surface area (Å²) in [6.45, 7) is 28.9. The normalized spacial score (nSPS) is 18.8. The molecule has 0 heterocycles. The third kappa shape index (κ3) is 8.05. The smallest absolute Gasteiger partial charge is 0.192 e. The van der Waals surface area contributed by atoms with Crippen molar-refractivity contribution in [2.75, 3.05) is 6.61 Å². The molecular weight excluding hydrogens is 404 g/mol.